The molecule has 0 unspecified atom stereocenters. The molecule has 2 rings (SSSR count). The molecule has 1 aromatic rings. The number of thiazole rings is 1. The Morgan fingerprint density at radius 3 is 2.95 bits per heavy atom. The van der Waals surface area contributed by atoms with Crippen molar-refractivity contribution in [2.24, 2.45) is 10.7 Å². The summed E-state index contributed by atoms with van der Waals surface area (Å²) in [6, 6.07) is 0. The van der Waals surface area contributed by atoms with Gasteiger partial charge in [0.2, 0.25) is 0 Å². The van der Waals surface area contributed by atoms with Crippen molar-refractivity contribution in [3.05, 3.63) is 11.6 Å². The number of halogens is 1. The van der Waals surface area contributed by atoms with Gasteiger partial charge in [0, 0.05) is 48.5 Å². The highest BCUT2D eigenvalue weighted by Gasteiger charge is 2.11. The maximum Gasteiger partial charge on any atom is 0.191 e. The van der Waals surface area contributed by atoms with Gasteiger partial charge in [-0.3, -0.25) is 4.99 Å². The van der Waals surface area contributed by atoms with Gasteiger partial charge in [0.25, 0.3) is 0 Å². The molecule has 19 heavy (non-hydrogen) atoms. The van der Waals surface area contributed by atoms with Crippen LogP contribution in [0.5, 0.6) is 0 Å². The summed E-state index contributed by atoms with van der Waals surface area (Å²) in [7, 11) is 0. The summed E-state index contributed by atoms with van der Waals surface area (Å²) >= 11 is 5.47. The molecule has 1 aromatic heterocycles. The summed E-state index contributed by atoms with van der Waals surface area (Å²) in [5.74, 6) is 4.10. The molecule has 0 saturated carbocycles. The largest absolute Gasteiger partial charge is 0.370 e. The Morgan fingerprint density at radius 1 is 1.47 bits per heavy atom. The molecule has 2 N–H and O–H groups in total. The molecule has 0 bridgehead atoms. The fraction of sp³-hybridized carbons (Fsp3) is 0.636. The molecule has 0 spiro atoms. The average Bonchev–Trinajstić information content (AvgIpc) is 2.92. The molecule has 1 aliphatic rings. The lowest BCUT2D eigenvalue weighted by Crippen LogP contribution is -2.42. The molecule has 0 radical (unpaired) electrons. The highest BCUT2D eigenvalue weighted by Crippen LogP contribution is 2.20. The van der Waals surface area contributed by atoms with E-state index in [1.54, 1.807) is 23.1 Å². The van der Waals surface area contributed by atoms with Crippen molar-refractivity contribution in [1.29, 1.82) is 0 Å². The Hall–Kier alpha value is 0.330. The molecule has 1 saturated heterocycles. The van der Waals surface area contributed by atoms with Crippen molar-refractivity contribution in [2.45, 2.75) is 10.8 Å². The Balaban J connectivity index is 0.00000180. The maximum atomic E-state index is 5.97. The smallest absolute Gasteiger partial charge is 0.191 e. The predicted molar refractivity (Wildman–Crippen MR) is 98.3 cm³/mol. The van der Waals surface area contributed by atoms with Crippen molar-refractivity contribution in [1.82, 2.24) is 9.88 Å². The molecule has 2 heterocycles. The summed E-state index contributed by atoms with van der Waals surface area (Å²) < 4.78 is 1.14. The highest BCUT2D eigenvalue weighted by atomic mass is 127. The predicted octanol–water partition coefficient (Wildman–Crippen LogP) is 2.61. The Labute approximate surface area is 144 Å². The molecule has 8 heteroatoms. The van der Waals surface area contributed by atoms with E-state index >= 15 is 0 Å². The van der Waals surface area contributed by atoms with E-state index in [0.717, 1.165) is 53.6 Å². The third kappa shape index (κ3) is 6.54. The van der Waals surface area contributed by atoms with Crippen LogP contribution in [0.1, 0.15) is 6.42 Å². The normalized spacial score (nSPS) is 16.2. The van der Waals surface area contributed by atoms with E-state index in [4.69, 9.17) is 5.73 Å². The first-order valence-electron chi connectivity index (χ1n) is 6.01. The number of nitrogens with zero attached hydrogens (tertiary/aromatic N) is 3. The first kappa shape index (κ1) is 17.4. The number of aliphatic imine (C=N–C) groups is 1. The van der Waals surface area contributed by atoms with Crippen molar-refractivity contribution >= 4 is 64.8 Å². The standard InChI is InChI=1S/C11H18N4S3.HI/c12-10(15-4-8-16-9-5-15)13-2-1-6-17-11-14-3-7-18-11;/h3,7H,1-2,4-6,8-9H2,(H2,12,13);1H. The first-order valence-corrected chi connectivity index (χ1v) is 9.03. The van der Waals surface area contributed by atoms with Gasteiger partial charge in [0.15, 0.2) is 5.96 Å². The van der Waals surface area contributed by atoms with Crippen molar-refractivity contribution in [3.8, 4) is 0 Å². The third-order valence-corrected chi connectivity index (χ3v) is 5.54. The molecule has 1 aliphatic heterocycles. The van der Waals surface area contributed by atoms with Crippen molar-refractivity contribution in [2.75, 3.05) is 36.9 Å². The topological polar surface area (TPSA) is 54.5 Å². The van der Waals surface area contributed by atoms with Gasteiger partial charge >= 0.3 is 0 Å². The second-order valence-electron chi connectivity index (χ2n) is 3.84. The summed E-state index contributed by atoms with van der Waals surface area (Å²) in [6.45, 7) is 2.88. The Bertz CT molecular complexity index is 366. The van der Waals surface area contributed by atoms with Gasteiger partial charge in [-0.1, -0.05) is 11.8 Å². The second-order valence-corrected chi connectivity index (χ2v) is 7.30. The summed E-state index contributed by atoms with van der Waals surface area (Å²) in [6.07, 6.45) is 2.89. The van der Waals surface area contributed by atoms with Crippen LogP contribution in [0.4, 0.5) is 0 Å². The van der Waals surface area contributed by atoms with Crippen LogP contribution >= 0.6 is 58.8 Å². The number of rotatable bonds is 5. The summed E-state index contributed by atoms with van der Waals surface area (Å²) in [4.78, 5) is 10.9. The molecule has 0 aliphatic carbocycles. The number of aromatic nitrogens is 1. The van der Waals surface area contributed by atoms with Gasteiger partial charge in [-0.2, -0.15) is 11.8 Å². The first-order chi connectivity index (χ1) is 8.86. The van der Waals surface area contributed by atoms with Gasteiger partial charge in [0.05, 0.1) is 0 Å². The SMILES string of the molecule is I.NC(=NCCCSc1nccs1)N1CCSCC1. The van der Waals surface area contributed by atoms with Gasteiger partial charge in [-0.25, -0.2) is 4.98 Å². The lowest BCUT2D eigenvalue weighted by molar-refractivity contribution is 0.456. The molecular formula is C11H19IN4S3. The average molecular weight is 430 g/mol. The van der Waals surface area contributed by atoms with Gasteiger partial charge in [0.1, 0.15) is 4.34 Å². The zero-order chi connectivity index (χ0) is 12.6. The third-order valence-electron chi connectivity index (χ3n) is 2.55. The summed E-state index contributed by atoms with van der Waals surface area (Å²) in [5.41, 5.74) is 5.97. The van der Waals surface area contributed by atoms with Crippen LogP contribution in [0, 0.1) is 0 Å². The number of nitrogens with two attached hydrogens (primary N) is 1. The highest BCUT2D eigenvalue weighted by molar-refractivity contribution is 14.0. The second kappa shape index (κ2) is 10.1. The van der Waals surface area contributed by atoms with Crippen molar-refractivity contribution < 1.29 is 0 Å². The van der Waals surface area contributed by atoms with Crippen LogP contribution in [-0.2, 0) is 0 Å². The van der Waals surface area contributed by atoms with Gasteiger partial charge in [-0.05, 0) is 6.42 Å². The van der Waals surface area contributed by atoms with Gasteiger partial charge in [-0.15, -0.1) is 35.3 Å². The molecule has 0 aromatic carbocycles. The maximum absolute atomic E-state index is 5.97. The molecule has 0 atom stereocenters. The molecule has 0 amide bonds. The van der Waals surface area contributed by atoms with Crippen LogP contribution in [0.2, 0.25) is 0 Å². The Morgan fingerprint density at radius 2 is 2.26 bits per heavy atom. The zero-order valence-corrected chi connectivity index (χ0v) is 15.4. The van der Waals surface area contributed by atoms with E-state index in [1.165, 1.54) is 0 Å². The van der Waals surface area contributed by atoms with Crippen LogP contribution in [0.3, 0.4) is 0 Å². The van der Waals surface area contributed by atoms with Gasteiger partial charge < -0.3 is 10.6 Å². The van der Waals surface area contributed by atoms with Crippen LogP contribution in [0.25, 0.3) is 0 Å². The van der Waals surface area contributed by atoms with E-state index < -0.39 is 0 Å². The van der Waals surface area contributed by atoms with E-state index in [0.29, 0.717) is 0 Å². The van der Waals surface area contributed by atoms with E-state index in [1.807, 2.05) is 23.3 Å². The van der Waals surface area contributed by atoms with E-state index in [-0.39, 0.29) is 24.0 Å². The number of guanidine groups is 1. The lowest BCUT2D eigenvalue weighted by Gasteiger charge is -2.27. The van der Waals surface area contributed by atoms with Crippen molar-refractivity contribution in [3.63, 3.8) is 0 Å². The molecule has 108 valence electrons. The molecular weight excluding hydrogens is 411 g/mol. The quantitative estimate of drug-likeness (QED) is 0.256. The van der Waals surface area contributed by atoms with E-state index in [2.05, 4.69) is 14.9 Å². The summed E-state index contributed by atoms with van der Waals surface area (Å²) in [5, 5.41) is 2.01. The van der Waals surface area contributed by atoms with E-state index in [9.17, 15) is 0 Å². The molecule has 4 nitrogen and oxygen atoms in total. The van der Waals surface area contributed by atoms with Crippen LogP contribution in [0.15, 0.2) is 20.9 Å². The monoisotopic (exact) mass is 430 g/mol. The fourth-order valence-corrected chi connectivity index (χ4v) is 4.13. The number of hydrogen-bond donors (Lipinski definition) is 1. The van der Waals surface area contributed by atoms with Crippen LogP contribution < -0.4 is 5.73 Å². The Kier molecular flexibility index (Phi) is 9.25. The number of hydrogen-bond acceptors (Lipinski definition) is 5. The number of thioether (sulfide) groups is 2. The lowest BCUT2D eigenvalue weighted by atomic mass is 10.5. The minimum absolute atomic E-state index is 0. The minimum Gasteiger partial charge on any atom is -0.370 e. The fourth-order valence-electron chi connectivity index (χ4n) is 1.59. The molecule has 1 fully saturated rings. The zero-order valence-electron chi connectivity index (χ0n) is 10.7. The van der Waals surface area contributed by atoms with Crippen LogP contribution in [-0.4, -0.2) is 52.7 Å². The minimum atomic E-state index is 0.